The molecule has 4 rings (SSSR count). The smallest absolute Gasteiger partial charge is 0.225 e. The third-order valence-electron chi connectivity index (χ3n) is 6.29. The first kappa shape index (κ1) is 23.9. The van der Waals surface area contributed by atoms with E-state index in [1.165, 1.54) is 19.3 Å². The Labute approximate surface area is 202 Å². The Morgan fingerprint density at radius 3 is 2.65 bits per heavy atom. The van der Waals surface area contributed by atoms with Gasteiger partial charge in [0, 0.05) is 45.1 Å². The summed E-state index contributed by atoms with van der Waals surface area (Å²) in [7, 11) is 1.78. The van der Waals surface area contributed by atoms with Crippen LogP contribution < -0.4 is 20.1 Å². The quantitative estimate of drug-likeness (QED) is 0.347. The predicted molar refractivity (Wildman–Crippen MR) is 132 cm³/mol. The molecule has 1 atom stereocenters. The van der Waals surface area contributed by atoms with Crippen molar-refractivity contribution in [2.75, 3.05) is 33.4 Å². The largest absolute Gasteiger partial charge is 0.490 e. The molecule has 31 heavy (non-hydrogen) atoms. The molecule has 8 heteroatoms. The summed E-state index contributed by atoms with van der Waals surface area (Å²) in [6.45, 7) is 3.63. The fourth-order valence-corrected chi connectivity index (χ4v) is 4.58. The molecular formula is C23H35IN4O3. The number of nitrogens with zero attached hydrogens (tertiary/aromatic N) is 2. The highest BCUT2D eigenvalue weighted by Crippen LogP contribution is 2.30. The lowest BCUT2D eigenvalue weighted by Gasteiger charge is -2.26. The van der Waals surface area contributed by atoms with E-state index >= 15 is 0 Å². The Kier molecular flexibility index (Phi) is 9.10. The minimum atomic E-state index is 0. The van der Waals surface area contributed by atoms with Crippen molar-refractivity contribution in [1.29, 1.82) is 0 Å². The van der Waals surface area contributed by atoms with Gasteiger partial charge in [-0.1, -0.05) is 25.3 Å². The number of hydrogen-bond acceptors (Lipinski definition) is 4. The molecule has 1 amide bonds. The number of amides is 1. The van der Waals surface area contributed by atoms with Crippen molar-refractivity contribution in [3.05, 3.63) is 23.8 Å². The van der Waals surface area contributed by atoms with Crippen LogP contribution in [0.4, 0.5) is 0 Å². The molecule has 0 aromatic heterocycles. The van der Waals surface area contributed by atoms with E-state index in [9.17, 15) is 4.79 Å². The molecular weight excluding hydrogens is 507 g/mol. The van der Waals surface area contributed by atoms with E-state index in [1.807, 2.05) is 23.1 Å². The van der Waals surface area contributed by atoms with Crippen molar-refractivity contribution >= 4 is 35.8 Å². The van der Waals surface area contributed by atoms with Crippen LogP contribution in [0.2, 0.25) is 0 Å². The lowest BCUT2D eigenvalue weighted by molar-refractivity contribution is -0.135. The summed E-state index contributed by atoms with van der Waals surface area (Å²) in [6, 6.07) is 6.29. The van der Waals surface area contributed by atoms with Crippen LogP contribution in [0.1, 0.15) is 50.5 Å². The van der Waals surface area contributed by atoms with Gasteiger partial charge in [0.25, 0.3) is 0 Å². The van der Waals surface area contributed by atoms with Crippen LogP contribution in [0.15, 0.2) is 23.2 Å². The van der Waals surface area contributed by atoms with Gasteiger partial charge in [-0.25, -0.2) is 0 Å². The summed E-state index contributed by atoms with van der Waals surface area (Å²) < 4.78 is 11.5. The SMILES string of the molecule is CN=C(NCc1ccc2c(c1)OCCCO2)NC1CCN(C(=O)C2CCCCC2)C1.I. The fraction of sp³-hybridized carbons (Fsp3) is 0.652. The fourth-order valence-electron chi connectivity index (χ4n) is 4.58. The number of likely N-dealkylation sites (tertiary alicyclic amines) is 1. The van der Waals surface area contributed by atoms with Gasteiger partial charge in [-0.3, -0.25) is 9.79 Å². The van der Waals surface area contributed by atoms with Crippen molar-refractivity contribution in [2.24, 2.45) is 10.9 Å². The third-order valence-corrected chi connectivity index (χ3v) is 6.29. The molecule has 0 bridgehead atoms. The van der Waals surface area contributed by atoms with E-state index in [-0.39, 0.29) is 35.9 Å². The minimum absolute atomic E-state index is 0. The maximum atomic E-state index is 12.8. The molecule has 2 N–H and O–H groups in total. The molecule has 2 fully saturated rings. The maximum absolute atomic E-state index is 12.8. The summed E-state index contributed by atoms with van der Waals surface area (Å²) in [5.41, 5.74) is 1.11. The van der Waals surface area contributed by atoms with Crippen LogP contribution in [-0.4, -0.2) is 56.2 Å². The van der Waals surface area contributed by atoms with Crippen LogP contribution >= 0.6 is 24.0 Å². The lowest BCUT2D eigenvalue weighted by atomic mass is 9.88. The Bertz CT molecular complexity index is 767. The average molecular weight is 542 g/mol. The van der Waals surface area contributed by atoms with E-state index in [1.54, 1.807) is 7.05 Å². The van der Waals surface area contributed by atoms with Crippen LogP contribution in [0.3, 0.4) is 0 Å². The average Bonchev–Trinajstić information content (AvgIpc) is 3.13. The van der Waals surface area contributed by atoms with Crippen molar-refractivity contribution < 1.29 is 14.3 Å². The lowest BCUT2D eigenvalue weighted by Crippen LogP contribution is -2.45. The van der Waals surface area contributed by atoms with Crippen molar-refractivity contribution in [1.82, 2.24) is 15.5 Å². The molecule has 0 radical (unpaired) electrons. The number of halogens is 1. The molecule has 0 spiro atoms. The Morgan fingerprint density at radius 2 is 1.87 bits per heavy atom. The number of carbonyl (C=O) groups excluding carboxylic acids is 1. The normalized spacial score (nSPS) is 21.8. The molecule has 1 aliphatic carbocycles. The molecule has 172 valence electrons. The highest BCUT2D eigenvalue weighted by atomic mass is 127. The minimum Gasteiger partial charge on any atom is -0.490 e. The number of aliphatic imine (C=N–C) groups is 1. The topological polar surface area (TPSA) is 75.2 Å². The van der Waals surface area contributed by atoms with Crippen molar-refractivity contribution in [3.63, 3.8) is 0 Å². The summed E-state index contributed by atoms with van der Waals surface area (Å²) >= 11 is 0. The summed E-state index contributed by atoms with van der Waals surface area (Å²) in [6.07, 6.45) is 7.66. The molecule has 7 nitrogen and oxygen atoms in total. The molecule has 1 saturated heterocycles. The second-order valence-corrected chi connectivity index (χ2v) is 8.51. The van der Waals surface area contributed by atoms with Gasteiger partial charge in [0.05, 0.1) is 13.2 Å². The molecule has 1 saturated carbocycles. The second-order valence-electron chi connectivity index (χ2n) is 8.51. The Hall–Kier alpha value is -1.71. The number of ether oxygens (including phenoxy) is 2. The van der Waals surface area contributed by atoms with Gasteiger partial charge in [-0.2, -0.15) is 0 Å². The maximum Gasteiger partial charge on any atom is 0.225 e. The first-order chi connectivity index (χ1) is 14.7. The van der Waals surface area contributed by atoms with Gasteiger partial charge < -0.3 is 25.0 Å². The second kappa shape index (κ2) is 11.8. The third kappa shape index (κ3) is 6.40. The van der Waals surface area contributed by atoms with Gasteiger partial charge in [-0.15, -0.1) is 24.0 Å². The molecule has 2 heterocycles. The van der Waals surface area contributed by atoms with Crippen LogP contribution in [-0.2, 0) is 11.3 Å². The van der Waals surface area contributed by atoms with Crippen LogP contribution in [0.25, 0.3) is 0 Å². The van der Waals surface area contributed by atoms with E-state index in [0.717, 1.165) is 61.8 Å². The number of fused-ring (bicyclic) bond motifs is 1. The van der Waals surface area contributed by atoms with Gasteiger partial charge >= 0.3 is 0 Å². The number of hydrogen-bond donors (Lipinski definition) is 2. The van der Waals surface area contributed by atoms with Crippen LogP contribution in [0.5, 0.6) is 11.5 Å². The number of guanidine groups is 1. The number of rotatable bonds is 4. The highest BCUT2D eigenvalue weighted by Gasteiger charge is 2.31. The zero-order valence-corrected chi connectivity index (χ0v) is 20.7. The van der Waals surface area contributed by atoms with Gasteiger partial charge in [-0.05, 0) is 37.0 Å². The first-order valence-corrected chi connectivity index (χ1v) is 11.4. The first-order valence-electron chi connectivity index (χ1n) is 11.4. The van der Waals surface area contributed by atoms with E-state index < -0.39 is 0 Å². The van der Waals surface area contributed by atoms with Crippen molar-refractivity contribution in [2.45, 2.75) is 57.5 Å². The monoisotopic (exact) mass is 542 g/mol. The standard InChI is InChI=1S/C23H34N4O3.HI/c1-24-23(25-15-17-8-9-20-21(14-17)30-13-5-12-29-20)26-19-10-11-27(16-19)22(28)18-6-3-2-4-7-18;/h8-9,14,18-19H,2-7,10-13,15-16H2,1H3,(H2,24,25,26);1H. The number of nitrogens with one attached hydrogen (secondary N) is 2. The van der Waals surface area contributed by atoms with Gasteiger partial charge in [0.1, 0.15) is 0 Å². The molecule has 1 unspecified atom stereocenters. The van der Waals surface area contributed by atoms with Gasteiger partial charge in [0.15, 0.2) is 17.5 Å². The highest BCUT2D eigenvalue weighted by molar-refractivity contribution is 14.0. The summed E-state index contributed by atoms with van der Waals surface area (Å²) in [5.74, 6) is 2.98. The molecule has 1 aromatic carbocycles. The summed E-state index contributed by atoms with van der Waals surface area (Å²) in [4.78, 5) is 19.2. The molecule has 1 aromatic rings. The van der Waals surface area contributed by atoms with Gasteiger partial charge in [0.2, 0.25) is 5.91 Å². The van der Waals surface area contributed by atoms with E-state index in [4.69, 9.17) is 9.47 Å². The van der Waals surface area contributed by atoms with E-state index in [2.05, 4.69) is 15.6 Å². The Balaban J connectivity index is 0.00000272. The number of benzene rings is 1. The van der Waals surface area contributed by atoms with E-state index in [0.29, 0.717) is 25.7 Å². The van der Waals surface area contributed by atoms with Crippen molar-refractivity contribution in [3.8, 4) is 11.5 Å². The zero-order valence-electron chi connectivity index (χ0n) is 18.4. The Morgan fingerprint density at radius 1 is 1.10 bits per heavy atom. The number of carbonyl (C=O) groups is 1. The molecule has 3 aliphatic rings. The molecule has 2 aliphatic heterocycles. The summed E-state index contributed by atoms with van der Waals surface area (Å²) in [5, 5.41) is 6.87. The zero-order chi connectivity index (χ0) is 20.8. The van der Waals surface area contributed by atoms with Crippen LogP contribution in [0, 0.1) is 5.92 Å². The predicted octanol–water partition coefficient (Wildman–Crippen LogP) is 3.31.